The van der Waals surface area contributed by atoms with Crippen LogP contribution >= 0.6 is 11.6 Å². The summed E-state index contributed by atoms with van der Waals surface area (Å²) in [5.41, 5.74) is 1.01. The number of ether oxygens (including phenoxy) is 1. The first-order valence-electron chi connectivity index (χ1n) is 8.08. The van der Waals surface area contributed by atoms with E-state index in [0.29, 0.717) is 5.78 Å². The molecule has 0 aromatic heterocycles. The molecule has 2 rings (SSSR count). The van der Waals surface area contributed by atoms with Crippen LogP contribution in [0, 0.1) is 0 Å². The van der Waals surface area contributed by atoms with Crippen LogP contribution in [0.25, 0.3) is 0 Å². The molecule has 130 valence electrons. The van der Waals surface area contributed by atoms with Crippen LogP contribution in [-0.2, 0) is 14.3 Å². The minimum atomic E-state index is -0.234. The van der Waals surface area contributed by atoms with Crippen LogP contribution in [0.3, 0.4) is 0 Å². The summed E-state index contributed by atoms with van der Waals surface area (Å²) in [7, 11) is 3.05. The van der Waals surface area contributed by atoms with Crippen molar-refractivity contribution in [3.8, 4) is 0 Å². The van der Waals surface area contributed by atoms with Crippen molar-refractivity contribution in [3.63, 3.8) is 0 Å². The van der Waals surface area contributed by atoms with E-state index in [-0.39, 0.29) is 18.4 Å². The number of hydrogen-bond acceptors (Lipinski definition) is 4. The first-order valence-corrected chi connectivity index (χ1v) is 8.46. The third-order valence-electron chi connectivity index (χ3n) is 3.38. The molecule has 23 heavy (non-hydrogen) atoms. The van der Waals surface area contributed by atoms with Crippen LogP contribution in [0.4, 0.5) is 0 Å². The Morgan fingerprint density at radius 2 is 1.96 bits per heavy atom. The van der Waals surface area contributed by atoms with Gasteiger partial charge in [-0.1, -0.05) is 50.1 Å². The number of nitrogens with one attached hydrogen (secondary N) is 1. The number of likely N-dealkylation sites (N-methyl/N-ethyl adjacent to an activating group) is 1. The number of Topliss-reactive ketones (excluding diaryl/α,β-unsaturated/α-hetero) is 1. The van der Waals surface area contributed by atoms with E-state index < -0.39 is 0 Å². The summed E-state index contributed by atoms with van der Waals surface area (Å²) in [6, 6.07) is 7.68. The Balaban J connectivity index is 0.000000460. The van der Waals surface area contributed by atoms with Crippen LogP contribution in [0.2, 0.25) is 5.02 Å². The zero-order valence-electron chi connectivity index (χ0n) is 14.5. The normalized spacial score (nSPS) is 16.4. The third kappa shape index (κ3) is 8.14. The van der Waals surface area contributed by atoms with E-state index in [4.69, 9.17) is 11.6 Å². The number of methoxy groups -OCH3 is 1. The molecule has 0 heterocycles. The van der Waals surface area contributed by atoms with Gasteiger partial charge in [-0.25, -0.2) is 0 Å². The van der Waals surface area contributed by atoms with Gasteiger partial charge in [0.25, 0.3) is 0 Å². The lowest BCUT2D eigenvalue weighted by Gasteiger charge is -2.21. The molecule has 0 radical (unpaired) electrons. The molecule has 0 amide bonds. The van der Waals surface area contributed by atoms with Crippen molar-refractivity contribution >= 4 is 23.4 Å². The lowest BCUT2D eigenvalue weighted by Crippen LogP contribution is -2.19. The smallest absolute Gasteiger partial charge is 0.319 e. The van der Waals surface area contributed by atoms with E-state index in [9.17, 15) is 9.59 Å². The van der Waals surface area contributed by atoms with Crippen LogP contribution in [0.5, 0.6) is 0 Å². The van der Waals surface area contributed by atoms with Gasteiger partial charge in [-0.3, -0.25) is 9.59 Å². The summed E-state index contributed by atoms with van der Waals surface area (Å²) < 4.78 is 4.29. The first kappa shape index (κ1) is 21.6. The summed E-state index contributed by atoms with van der Waals surface area (Å²) >= 11 is 6.07. The fraction of sp³-hybridized carbons (Fsp3) is 0.556. The highest BCUT2D eigenvalue weighted by molar-refractivity contribution is 6.31. The van der Waals surface area contributed by atoms with Gasteiger partial charge in [0, 0.05) is 17.4 Å². The SMILES string of the molecule is CC.CNCC(=O)OC.O=C1CCCCC1c1ccccc1Cl. The Hall–Kier alpha value is -1.39. The Bertz CT molecular complexity index is 477. The van der Waals surface area contributed by atoms with Gasteiger partial charge in [-0.15, -0.1) is 0 Å². The van der Waals surface area contributed by atoms with Crippen LogP contribution in [0.15, 0.2) is 24.3 Å². The van der Waals surface area contributed by atoms with Gasteiger partial charge in [-0.2, -0.15) is 0 Å². The topological polar surface area (TPSA) is 55.4 Å². The fourth-order valence-corrected chi connectivity index (χ4v) is 2.55. The quantitative estimate of drug-likeness (QED) is 0.845. The van der Waals surface area contributed by atoms with E-state index in [1.165, 1.54) is 7.11 Å². The molecule has 0 bridgehead atoms. The number of carbonyl (C=O) groups excluding carboxylic acids is 2. The maximum absolute atomic E-state index is 11.7. The maximum Gasteiger partial charge on any atom is 0.319 e. The molecule has 1 unspecified atom stereocenters. The highest BCUT2D eigenvalue weighted by Gasteiger charge is 2.24. The van der Waals surface area contributed by atoms with Crippen LogP contribution < -0.4 is 5.32 Å². The van der Waals surface area contributed by atoms with Crippen LogP contribution in [0.1, 0.15) is 51.0 Å². The standard InChI is InChI=1S/C12H13ClO.C4H9NO2.C2H6/c13-11-7-3-1-5-9(11)10-6-2-4-8-12(10)14;1-5-3-4(6)7-2;1-2/h1,3,5,7,10H,2,4,6,8H2;5H,3H2,1-2H3;1-2H3. The summed E-state index contributed by atoms with van der Waals surface area (Å²) in [5, 5.41) is 3.37. The second-order valence-electron chi connectivity index (χ2n) is 4.89. The molecular formula is C18H28ClNO3. The first-order chi connectivity index (χ1) is 11.1. The average Bonchev–Trinajstić information content (AvgIpc) is 2.59. The molecule has 0 spiro atoms. The van der Waals surface area contributed by atoms with E-state index in [2.05, 4.69) is 10.1 Å². The summed E-state index contributed by atoms with van der Waals surface area (Å²) in [6.07, 6.45) is 3.86. The predicted molar refractivity (Wildman–Crippen MR) is 95.0 cm³/mol. The van der Waals surface area contributed by atoms with Crippen molar-refractivity contribution in [2.24, 2.45) is 0 Å². The van der Waals surface area contributed by atoms with Crippen molar-refractivity contribution in [2.75, 3.05) is 20.7 Å². The Morgan fingerprint density at radius 3 is 2.43 bits per heavy atom. The van der Waals surface area contributed by atoms with Gasteiger partial charge >= 0.3 is 5.97 Å². The molecule has 4 nitrogen and oxygen atoms in total. The molecule has 5 heteroatoms. The minimum absolute atomic E-state index is 0.0532. The highest BCUT2D eigenvalue weighted by atomic mass is 35.5. The van der Waals surface area contributed by atoms with E-state index in [1.807, 2.05) is 38.1 Å². The second kappa shape index (κ2) is 13.1. The molecule has 1 saturated carbocycles. The average molecular weight is 342 g/mol. The van der Waals surface area contributed by atoms with Crippen LogP contribution in [-0.4, -0.2) is 32.5 Å². The lowest BCUT2D eigenvalue weighted by molar-refractivity contribution is -0.139. The Labute approximate surface area is 144 Å². The molecule has 1 aromatic carbocycles. The minimum Gasteiger partial charge on any atom is -0.468 e. The summed E-state index contributed by atoms with van der Waals surface area (Å²) in [6.45, 7) is 4.29. The number of carbonyl (C=O) groups is 2. The van der Waals surface area contributed by atoms with Crippen molar-refractivity contribution in [1.29, 1.82) is 0 Å². The van der Waals surface area contributed by atoms with E-state index in [1.54, 1.807) is 7.05 Å². The van der Waals surface area contributed by atoms with Crippen molar-refractivity contribution < 1.29 is 14.3 Å². The number of halogens is 1. The zero-order valence-corrected chi connectivity index (χ0v) is 15.3. The molecule has 1 aromatic rings. The maximum atomic E-state index is 11.7. The van der Waals surface area contributed by atoms with E-state index >= 15 is 0 Å². The summed E-state index contributed by atoms with van der Waals surface area (Å²) in [5.74, 6) is 0.171. The van der Waals surface area contributed by atoms with E-state index in [0.717, 1.165) is 36.3 Å². The van der Waals surface area contributed by atoms with Gasteiger partial charge < -0.3 is 10.1 Å². The Morgan fingerprint density at radius 1 is 1.30 bits per heavy atom. The van der Waals surface area contributed by atoms with Crippen molar-refractivity contribution in [1.82, 2.24) is 5.32 Å². The number of benzene rings is 1. The number of esters is 1. The number of ketones is 1. The molecule has 0 saturated heterocycles. The largest absolute Gasteiger partial charge is 0.468 e. The third-order valence-corrected chi connectivity index (χ3v) is 3.73. The second-order valence-corrected chi connectivity index (χ2v) is 5.30. The molecule has 1 N–H and O–H groups in total. The molecule has 1 aliphatic rings. The molecule has 0 aliphatic heterocycles. The van der Waals surface area contributed by atoms with Crippen molar-refractivity contribution in [2.45, 2.75) is 45.4 Å². The molecule has 1 aliphatic carbocycles. The molecular weight excluding hydrogens is 314 g/mol. The number of hydrogen-bond donors (Lipinski definition) is 1. The Kier molecular flexibility index (Phi) is 12.3. The van der Waals surface area contributed by atoms with Gasteiger partial charge in [-0.05, 0) is 31.5 Å². The van der Waals surface area contributed by atoms with Gasteiger partial charge in [0.2, 0.25) is 0 Å². The number of rotatable bonds is 3. The van der Waals surface area contributed by atoms with Crippen molar-refractivity contribution in [3.05, 3.63) is 34.9 Å². The molecule has 1 atom stereocenters. The van der Waals surface area contributed by atoms with Gasteiger partial charge in [0.1, 0.15) is 5.78 Å². The predicted octanol–water partition coefficient (Wildman–Crippen LogP) is 3.97. The molecule has 1 fully saturated rings. The fourth-order valence-electron chi connectivity index (χ4n) is 2.29. The summed E-state index contributed by atoms with van der Waals surface area (Å²) in [4.78, 5) is 21.8. The monoisotopic (exact) mass is 341 g/mol. The van der Waals surface area contributed by atoms with Gasteiger partial charge in [0.15, 0.2) is 0 Å². The highest BCUT2D eigenvalue weighted by Crippen LogP contribution is 2.33. The zero-order chi connectivity index (χ0) is 17.7. The van der Waals surface area contributed by atoms with Gasteiger partial charge in [0.05, 0.1) is 13.7 Å². The lowest BCUT2D eigenvalue weighted by atomic mass is 9.83.